The molecule has 2 nitrogen and oxygen atoms in total. The van der Waals surface area contributed by atoms with Crippen LogP contribution in [0, 0.1) is 11.3 Å². The maximum absolute atomic E-state index is 8.63. The van der Waals surface area contributed by atoms with Gasteiger partial charge in [0.2, 0.25) is 0 Å². The standard InChI is InChI=1S/C11H14N2S/c1-13(7-2-8-14)11-5-3-10(9-12)4-6-11/h3-6,14H,2,7-8H2,1H3. The summed E-state index contributed by atoms with van der Waals surface area (Å²) in [6.45, 7) is 0.995. The maximum atomic E-state index is 8.63. The molecule has 0 aliphatic heterocycles. The van der Waals surface area contributed by atoms with Crippen molar-refractivity contribution in [2.24, 2.45) is 0 Å². The molecule has 0 radical (unpaired) electrons. The van der Waals surface area contributed by atoms with Crippen molar-refractivity contribution in [3.05, 3.63) is 29.8 Å². The highest BCUT2D eigenvalue weighted by atomic mass is 32.1. The molecule has 0 saturated heterocycles. The average Bonchev–Trinajstić information content (AvgIpc) is 2.26. The molecule has 74 valence electrons. The first-order chi connectivity index (χ1) is 6.77. The fourth-order valence-electron chi connectivity index (χ4n) is 1.23. The van der Waals surface area contributed by atoms with E-state index in [-0.39, 0.29) is 0 Å². The molecular weight excluding hydrogens is 192 g/mol. The average molecular weight is 206 g/mol. The molecule has 0 bridgehead atoms. The summed E-state index contributed by atoms with van der Waals surface area (Å²) in [7, 11) is 2.05. The van der Waals surface area contributed by atoms with Gasteiger partial charge in [-0.05, 0) is 36.4 Å². The summed E-state index contributed by atoms with van der Waals surface area (Å²) in [6, 6.07) is 9.72. The first-order valence-electron chi connectivity index (χ1n) is 4.60. The lowest BCUT2D eigenvalue weighted by Gasteiger charge is -2.18. The Morgan fingerprint density at radius 2 is 2.00 bits per heavy atom. The first kappa shape index (κ1) is 10.9. The van der Waals surface area contributed by atoms with Crippen molar-refractivity contribution in [3.63, 3.8) is 0 Å². The minimum atomic E-state index is 0.705. The molecule has 0 aromatic heterocycles. The van der Waals surface area contributed by atoms with Crippen molar-refractivity contribution < 1.29 is 0 Å². The third-order valence-electron chi connectivity index (χ3n) is 2.09. The van der Waals surface area contributed by atoms with Gasteiger partial charge in [0.15, 0.2) is 0 Å². The second-order valence-electron chi connectivity index (χ2n) is 3.16. The van der Waals surface area contributed by atoms with Crippen molar-refractivity contribution in [2.45, 2.75) is 6.42 Å². The Bertz CT molecular complexity index is 313. The lowest BCUT2D eigenvalue weighted by atomic mass is 10.2. The zero-order valence-corrected chi connectivity index (χ0v) is 9.17. The van der Waals surface area contributed by atoms with Crippen LogP contribution in [0.25, 0.3) is 0 Å². The first-order valence-corrected chi connectivity index (χ1v) is 5.23. The molecule has 1 rings (SSSR count). The quantitative estimate of drug-likeness (QED) is 0.765. The molecule has 0 unspecified atom stereocenters. The molecular formula is C11H14N2S. The van der Waals surface area contributed by atoms with Gasteiger partial charge < -0.3 is 4.90 Å². The SMILES string of the molecule is CN(CCCS)c1ccc(C#N)cc1. The lowest BCUT2D eigenvalue weighted by Crippen LogP contribution is -2.18. The number of anilines is 1. The molecule has 0 fully saturated rings. The Morgan fingerprint density at radius 3 is 2.50 bits per heavy atom. The van der Waals surface area contributed by atoms with E-state index in [9.17, 15) is 0 Å². The molecule has 0 amide bonds. The van der Waals surface area contributed by atoms with Crippen molar-refractivity contribution in [2.75, 3.05) is 24.2 Å². The molecule has 1 aromatic rings. The molecule has 0 atom stereocenters. The van der Waals surface area contributed by atoms with Gasteiger partial charge in [-0.15, -0.1) is 0 Å². The van der Waals surface area contributed by atoms with Gasteiger partial charge in [0, 0.05) is 19.3 Å². The molecule has 0 heterocycles. The largest absolute Gasteiger partial charge is 0.375 e. The van der Waals surface area contributed by atoms with Crippen molar-refractivity contribution >= 4 is 18.3 Å². The van der Waals surface area contributed by atoms with Crippen LogP contribution in [0.1, 0.15) is 12.0 Å². The number of hydrogen-bond donors (Lipinski definition) is 1. The van der Waals surface area contributed by atoms with E-state index >= 15 is 0 Å². The van der Waals surface area contributed by atoms with Gasteiger partial charge >= 0.3 is 0 Å². The van der Waals surface area contributed by atoms with E-state index in [0.29, 0.717) is 5.56 Å². The summed E-state index contributed by atoms with van der Waals surface area (Å²) in [5.41, 5.74) is 1.85. The molecule has 1 aromatic carbocycles. The number of benzene rings is 1. The van der Waals surface area contributed by atoms with E-state index < -0.39 is 0 Å². The molecule has 0 spiro atoms. The summed E-state index contributed by atoms with van der Waals surface area (Å²) in [4.78, 5) is 2.16. The van der Waals surface area contributed by atoms with Gasteiger partial charge in [-0.25, -0.2) is 0 Å². The fraction of sp³-hybridized carbons (Fsp3) is 0.364. The lowest BCUT2D eigenvalue weighted by molar-refractivity contribution is 0.861. The van der Waals surface area contributed by atoms with Gasteiger partial charge in [0.25, 0.3) is 0 Å². The molecule has 0 N–H and O–H groups in total. The second-order valence-corrected chi connectivity index (χ2v) is 3.60. The van der Waals surface area contributed by atoms with E-state index in [1.807, 2.05) is 31.3 Å². The van der Waals surface area contributed by atoms with Gasteiger partial charge in [0.05, 0.1) is 11.6 Å². The Morgan fingerprint density at radius 1 is 1.36 bits per heavy atom. The Balaban J connectivity index is 2.63. The monoisotopic (exact) mass is 206 g/mol. The van der Waals surface area contributed by atoms with E-state index in [0.717, 1.165) is 24.4 Å². The number of rotatable bonds is 4. The zero-order chi connectivity index (χ0) is 10.4. The number of nitriles is 1. The van der Waals surface area contributed by atoms with Gasteiger partial charge in [-0.1, -0.05) is 0 Å². The predicted molar refractivity (Wildman–Crippen MR) is 62.9 cm³/mol. The fourth-order valence-corrected chi connectivity index (χ4v) is 1.37. The van der Waals surface area contributed by atoms with Crippen LogP contribution in [0.3, 0.4) is 0 Å². The van der Waals surface area contributed by atoms with Crippen LogP contribution >= 0.6 is 12.6 Å². The van der Waals surface area contributed by atoms with Crippen LogP contribution in [0.4, 0.5) is 5.69 Å². The highest BCUT2D eigenvalue weighted by molar-refractivity contribution is 7.80. The molecule has 0 saturated carbocycles. The van der Waals surface area contributed by atoms with Gasteiger partial charge in [0.1, 0.15) is 0 Å². The predicted octanol–water partition coefficient (Wildman–Crippen LogP) is 2.31. The highest BCUT2D eigenvalue weighted by Crippen LogP contribution is 2.13. The van der Waals surface area contributed by atoms with Crippen LogP contribution < -0.4 is 4.90 Å². The summed E-state index contributed by atoms with van der Waals surface area (Å²) < 4.78 is 0. The summed E-state index contributed by atoms with van der Waals surface area (Å²) in [5.74, 6) is 0.903. The number of thiol groups is 1. The van der Waals surface area contributed by atoms with Crippen LogP contribution in [-0.2, 0) is 0 Å². The molecule has 3 heteroatoms. The molecule has 0 aliphatic rings. The van der Waals surface area contributed by atoms with E-state index in [4.69, 9.17) is 5.26 Å². The van der Waals surface area contributed by atoms with Crippen molar-refractivity contribution in [1.29, 1.82) is 5.26 Å². The van der Waals surface area contributed by atoms with Crippen molar-refractivity contribution in [1.82, 2.24) is 0 Å². The smallest absolute Gasteiger partial charge is 0.0991 e. The van der Waals surface area contributed by atoms with Gasteiger partial charge in [-0.2, -0.15) is 17.9 Å². The maximum Gasteiger partial charge on any atom is 0.0991 e. The Kier molecular flexibility index (Phi) is 4.34. The summed E-state index contributed by atoms with van der Waals surface area (Å²) in [5, 5.41) is 8.63. The van der Waals surface area contributed by atoms with Crippen LogP contribution in [0.2, 0.25) is 0 Å². The Hall–Kier alpha value is -1.14. The normalized spacial score (nSPS) is 9.50. The van der Waals surface area contributed by atoms with Crippen LogP contribution in [0.15, 0.2) is 24.3 Å². The third kappa shape index (κ3) is 2.97. The van der Waals surface area contributed by atoms with Gasteiger partial charge in [-0.3, -0.25) is 0 Å². The number of nitrogens with zero attached hydrogens (tertiary/aromatic N) is 2. The Labute approximate surface area is 90.6 Å². The van der Waals surface area contributed by atoms with E-state index in [1.165, 1.54) is 0 Å². The second kappa shape index (κ2) is 5.56. The summed E-state index contributed by atoms with van der Waals surface area (Å²) >= 11 is 4.17. The minimum Gasteiger partial charge on any atom is -0.375 e. The third-order valence-corrected chi connectivity index (χ3v) is 2.41. The summed E-state index contributed by atoms with van der Waals surface area (Å²) in [6.07, 6.45) is 1.07. The van der Waals surface area contributed by atoms with Crippen LogP contribution in [-0.4, -0.2) is 19.3 Å². The van der Waals surface area contributed by atoms with E-state index in [1.54, 1.807) is 0 Å². The minimum absolute atomic E-state index is 0.705. The van der Waals surface area contributed by atoms with Crippen LogP contribution in [0.5, 0.6) is 0 Å². The highest BCUT2D eigenvalue weighted by Gasteiger charge is 1.99. The molecule has 14 heavy (non-hydrogen) atoms. The number of hydrogen-bond acceptors (Lipinski definition) is 3. The zero-order valence-electron chi connectivity index (χ0n) is 8.27. The molecule has 0 aliphatic carbocycles. The van der Waals surface area contributed by atoms with E-state index in [2.05, 4.69) is 23.6 Å². The topological polar surface area (TPSA) is 27.0 Å². The van der Waals surface area contributed by atoms with Crippen molar-refractivity contribution in [3.8, 4) is 6.07 Å².